The van der Waals surface area contributed by atoms with Gasteiger partial charge in [0.1, 0.15) is 5.82 Å². The van der Waals surface area contributed by atoms with Crippen molar-refractivity contribution < 1.29 is 9.50 Å². The molecule has 124 valence electrons. The molecule has 0 saturated carbocycles. The Morgan fingerprint density at radius 1 is 1.36 bits per heavy atom. The molecule has 0 amide bonds. The van der Waals surface area contributed by atoms with Gasteiger partial charge in [-0.2, -0.15) is 0 Å². The SMILES string of the molecule is CN(CCc1c(F)cccc1Cl)CC1CCN(CCO)CC1. The second-order valence-electron chi connectivity index (χ2n) is 6.22. The van der Waals surface area contributed by atoms with Crippen LogP contribution >= 0.6 is 11.6 Å². The van der Waals surface area contributed by atoms with Crippen molar-refractivity contribution in [1.82, 2.24) is 9.80 Å². The number of benzene rings is 1. The normalized spacial score (nSPS) is 17.3. The molecule has 1 aromatic carbocycles. The molecule has 1 saturated heterocycles. The van der Waals surface area contributed by atoms with Crippen molar-refractivity contribution in [2.24, 2.45) is 5.92 Å². The second-order valence-corrected chi connectivity index (χ2v) is 6.63. The van der Waals surface area contributed by atoms with Gasteiger partial charge < -0.3 is 14.9 Å². The smallest absolute Gasteiger partial charge is 0.127 e. The first-order chi connectivity index (χ1) is 10.6. The molecule has 0 atom stereocenters. The van der Waals surface area contributed by atoms with Gasteiger partial charge >= 0.3 is 0 Å². The van der Waals surface area contributed by atoms with Crippen molar-refractivity contribution >= 4 is 11.6 Å². The third-order valence-corrected chi connectivity index (χ3v) is 4.85. The molecule has 0 radical (unpaired) electrons. The predicted molar refractivity (Wildman–Crippen MR) is 88.9 cm³/mol. The van der Waals surface area contributed by atoms with Crippen LogP contribution in [-0.4, -0.2) is 61.3 Å². The van der Waals surface area contributed by atoms with Crippen LogP contribution in [0, 0.1) is 11.7 Å². The summed E-state index contributed by atoms with van der Waals surface area (Å²) in [5, 5.41) is 9.48. The maximum Gasteiger partial charge on any atom is 0.127 e. The Balaban J connectivity index is 1.73. The number of aliphatic hydroxyl groups excluding tert-OH is 1. The lowest BCUT2D eigenvalue weighted by Crippen LogP contribution is -2.39. The van der Waals surface area contributed by atoms with Gasteiger partial charge in [-0.05, 0) is 57.5 Å². The molecule has 0 aliphatic carbocycles. The minimum Gasteiger partial charge on any atom is -0.395 e. The molecule has 22 heavy (non-hydrogen) atoms. The summed E-state index contributed by atoms with van der Waals surface area (Å²) in [6, 6.07) is 4.86. The molecule has 0 bridgehead atoms. The number of aliphatic hydroxyl groups is 1. The van der Waals surface area contributed by atoms with Crippen LogP contribution in [0.4, 0.5) is 4.39 Å². The Hall–Kier alpha value is -0.680. The van der Waals surface area contributed by atoms with Crippen LogP contribution in [0.5, 0.6) is 0 Å². The monoisotopic (exact) mass is 328 g/mol. The van der Waals surface area contributed by atoms with Gasteiger partial charge in [-0.15, -0.1) is 0 Å². The Kier molecular flexibility index (Phi) is 7.09. The Bertz CT molecular complexity index is 444. The second kappa shape index (κ2) is 8.82. The van der Waals surface area contributed by atoms with Gasteiger partial charge in [-0.3, -0.25) is 0 Å². The highest BCUT2D eigenvalue weighted by atomic mass is 35.5. The summed E-state index contributed by atoms with van der Waals surface area (Å²) in [5.41, 5.74) is 0.619. The molecule has 1 heterocycles. The molecule has 1 fully saturated rings. The number of hydrogen-bond acceptors (Lipinski definition) is 3. The van der Waals surface area contributed by atoms with Gasteiger partial charge in [0, 0.05) is 30.2 Å². The molecule has 2 rings (SSSR count). The number of halogens is 2. The molecule has 1 aromatic rings. The molecular weight excluding hydrogens is 303 g/mol. The minimum absolute atomic E-state index is 0.210. The number of piperidine rings is 1. The number of β-amino-alcohol motifs (C(OH)–C–C–N with tert-alkyl or cyclic N) is 1. The zero-order valence-corrected chi connectivity index (χ0v) is 14.0. The van der Waals surface area contributed by atoms with E-state index in [1.165, 1.54) is 18.9 Å². The summed E-state index contributed by atoms with van der Waals surface area (Å²) < 4.78 is 13.7. The topological polar surface area (TPSA) is 26.7 Å². The van der Waals surface area contributed by atoms with Crippen LogP contribution in [0.3, 0.4) is 0 Å². The number of hydrogen-bond donors (Lipinski definition) is 1. The van der Waals surface area contributed by atoms with Crippen molar-refractivity contribution in [3.63, 3.8) is 0 Å². The first kappa shape index (κ1) is 17.7. The van der Waals surface area contributed by atoms with Gasteiger partial charge in [-0.25, -0.2) is 4.39 Å². The van der Waals surface area contributed by atoms with Gasteiger partial charge in [0.25, 0.3) is 0 Å². The predicted octanol–water partition coefficient (Wildman–Crippen LogP) is 2.66. The lowest BCUT2D eigenvalue weighted by Gasteiger charge is -2.33. The van der Waals surface area contributed by atoms with Crippen LogP contribution in [0.25, 0.3) is 0 Å². The molecule has 0 spiro atoms. The highest BCUT2D eigenvalue weighted by molar-refractivity contribution is 6.31. The number of nitrogens with zero attached hydrogens (tertiary/aromatic N) is 2. The van der Waals surface area contributed by atoms with Crippen LogP contribution in [-0.2, 0) is 6.42 Å². The number of rotatable bonds is 7. The van der Waals surface area contributed by atoms with E-state index in [0.29, 0.717) is 22.9 Å². The third-order valence-electron chi connectivity index (χ3n) is 4.50. The third kappa shape index (κ3) is 5.20. The van der Waals surface area contributed by atoms with Crippen LogP contribution in [0.15, 0.2) is 18.2 Å². The maximum absolute atomic E-state index is 13.7. The summed E-state index contributed by atoms with van der Waals surface area (Å²) in [6.45, 7) is 5.02. The summed E-state index contributed by atoms with van der Waals surface area (Å²) in [4.78, 5) is 4.59. The van der Waals surface area contributed by atoms with Crippen molar-refractivity contribution in [3.8, 4) is 0 Å². The van der Waals surface area contributed by atoms with E-state index in [4.69, 9.17) is 16.7 Å². The Morgan fingerprint density at radius 2 is 2.09 bits per heavy atom. The van der Waals surface area contributed by atoms with Gasteiger partial charge in [-0.1, -0.05) is 17.7 Å². The molecule has 1 N–H and O–H groups in total. The summed E-state index contributed by atoms with van der Waals surface area (Å²) >= 11 is 6.07. The summed E-state index contributed by atoms with van der Waals surface area (Å²) in [6.07, 6.45) is 2.99. The lowest BCUT2D eigenvalue weighted by molar-refractivity contribution is 0.131. The zero-order chi connectivity index (χ0) is 15.9. The van der Waals surface area contributed by atoms with Crippen LogP contribution in [0.2, 0.25) is 5.02 Å². The first-order valence-electron chi connectivity index (χ1n) is 8.04. The van der Waals surface area contributed by atoms with E-state index in [-0.39, 0.29) is 12.4 Å². The quantitative estimate of drug-likeness (QED) is 0.833. The first-order valence-corrected chi connectivity index (χ1v) is 8.42. The Labute approximate surface area is 137 Å². The van der Waals surface area contributed by atoms with E-state index in [1.807, 2.05) is 0 Å². The Morgan fingerprint density at radius 3 is 2.73 bits per heavy atom. The molecule has 5 heteroatoms. The van der Waals surface area contributed by atoms with Crippen molar-refractivity contribution in [3.05, 3.63) is 34.6 Å². The van der Waals surface area contributed by atoms with E-state index in [9.17, 15) is 4.39 Å². The van der Waals surface area contributed by atoms with Crippen LogP contribution < -0.4 is 0 Å². The zero-order valence-electron chi connectivity index (χ0n) is 13.3. The van der Waals surface area contributed by atoms with E-state index in [2.05, 4.69) is 16.8 Å². The fourth-order valence-electron chi connectivity index (χ4n) is 3.14. The fraction of sp³-hybridized carbons (Fsp3) is 0.647. The van der Waals surface area contributed by atoms with Gasteiger partial charge in [0.15, 0.2) is 0 Å². The molecule has 0 unspecified atom stereocenters. The van der Waals surface area contributed by atoms with E-state index in [1.54, 1.807) is 12.1 Å². The van der Waals surface area contributed by atoms with Crippen LogP contribution in [0.1, 0.15) is 18.4 Å². The van der Waals surface area contributed by atoms with Crippen molar-refractivity contribution in [2.45, 2.75) is 19.3 Å². The van der Waals surface area contributed by atoms with Gasteiger partial charge in [0.05, 0.1) is 6.61 Å². The largest absolute Gasteiger partial charge is 0.395 e. The van der Waals surface area contributed by atoms with Crippen molar-refractivity contribution in [1.29, 1.82) is 0 Å². The summed E-state index contributed by atoms with van der Waals surface area (Å²) in [7, 11) is 2.09. The van der Waals surface area contributed by atoms with Crippen molar-refractivity contribution in [2.75, 3.05) is 46.4 Å². The standard InChI is InChI=1S/C17H26ClFN2O/c1-20(8-7-15-16(18)3-2-4-17(15)19)13-14-5-9-21(10-6-14)11-12-22/h2-4,14,22H,5-13H2,1H3. The number of likely N-dealkylation sites (N-methyl/N-ethyl adjacent to an activating group) is 1. The van der Waals surface area contributed by atoms with E-state index < -0.39 is 0 Å². The number of likely N-dealkylation sites (tertiary alicyclic amines) is 1. The highest BCUT2D eigenvalue weighted by Gasteiger charge is 2.20. The summed E-state index contributed by atoms with van der Waals surface area (Å²) in [5.74, 6) is 0.481. The average Bonchev–Trinajstić information content (AvgIpc) is 2.49. The average molecular weight is 329 g/mol. The highest BCUT2D eigenvalue weighted by Crippen LogP contribution is 2.21. The minimum atomic E-state index is -0.210. The molecule has 1 aliphatic heterocycles. The van der Waals surface area contributed by atoms with E-state index >= 15 is 0 Å². The lowest BCUT2D eigenvalue weighted by atomic mass is 9.96. The molecule has 1 aliphatic rings. The fourth-order valence-corrected chi connectivity index (χ4v) is 3.40. The van der Waals surface area contributed by atoms with Gasteiger partial charge in [0.2, 0.25) is 0 Å². The molecule has 3 nitrogen and oxygen atoms in total. The van der Waals surface area contributed by atoms with E-state index in [0.717, 1.165) is 32.7 Å². The molecular formula is C17H26ClFN2O. The molecule has 0 aromatic heterocycles. The maximum atomic E-state index is 13.7.